The zero-order chi connectivity index (χ0) is 46.4. The minimum absolute atomic E-state index is 0.0177. The van der Waals surface area contributed by atoms with Crippen molar-refractivity contribution in [1.29, 1.82) is 0 Å². The Bertz CT molecular complexity index is 3000. The van der Waals surface area contributed by atoms with Crippen molar-refractivity contribution in [2.45, 2.75) is 19.0 Å². The fourth-order valence-corrected chi connectivity index (χ4v) is 8.61. The van der Waals surface area contributed by atoms with Crippen LogP contribution in [0.4, 0.5) is 32.0 Å². The molecule has 0 spiro atoms. The van der Waals surface area contributed by atoms with Gasteiger partial charge in [-0.05, 0) is 102 Å². The van der Waals surface area contributed by atoms with Crippen molar-refractivity contribution >= 4 is 68.9 Å². The Labute approximate surface area is 373 Å². The third kappa shape index (κ3) is 9.44. The summed E-state index contributed by atoms with van der Waals surface area (Å²) in [5.74, 6) is -1.44. The second kappa shape index (κ2) is 17.5. The van der Waals surface area contributed by atoms with Gasteiger partial charge in [0.15, 0.2) is 27.2 Å². The number of fused-ring (bicyclic) bond motifs is 2. The molecule has 0 atom stereocenters. The number of carbonyl (C=O) groups is 2. The average Bonchev–Trinajstić information content (AvgIpc) is 3.63. The number of anilines is 1. The molecule has 3 aliphatic heterocycles. The van der Waals surface area contributed by atoms with E-state index in [4.69, 9.17) is 26.1 Å². The number of halogens is 6. The Hall–Kier alpha value is -7.06. The highest BCUT2D eigenvalue weighted by Crippen LogP contribution is 2.43. The summed E-state index contributed by atoms with van der Waals surface area (Å²) >= 11 is 6.86. The first kappa shape index (κ1) is 44.5. The number of phenols is 1. The summed E-state index contributed by atoms with van der Waals surface area (Å²) in [5, 5.41) is 24.9. The van der Waals surface area contributed by atoms with Crippen LogP contribution in [0.5, 0.6) is 17.2 Å². The number of amides is 1. The summed E-state index contributed by atoms with van der Waals surface area (Å²) in [6.07, 6.45) is -8.47. The van der Waals surface area contributed by atoms with Crippen LogP contribution < -0.4 is 20.2 Å². The Morgan fingerprint density at radius 3 is 2.35 bits per heavy atom. The Balaban J connectivity index is 0.907. The molecule has 65 heavy (non-hydrogen) atoms. The number of benzene rings is 5. The quantitative estimate of drug-likeness (QED) is 0.0575. The van der Waals surface area contributed by atoms with Crippen molar-refractivity contribution in [3.8, 4) is 39.7 Å². The van der Waals surface area contributed by atoms with Crippen LogP contribution in [-0.4, -0.2) is 75.5 Å². The molecule has 0 unspecified atom stereocenters. The molecule has 0 radical (unpaired) electrons. The third-order valence-corrected chi connectivity index (χ3v) is 11.9. The number of hydrogen-bond acceptors (Lipinski definition) is 10. The van der Waals surface area contributed by atoms with E-state index in [1.54, 1.807) is 30.3 Å². The van der Waals surface area contributed by atoms with E-state index < -0.39 is 47.5 Å². The van der Waals surface area contributed by atoms with Crippen LogP contribution >= 0.6 is 24.0 Å². The zero-order valence-corrected chi connectivity index (χ0v) is 35.2. The molecular weight excluding hydrogens is 903 g/mol. The number of thiocarbonyl (C=S) groups is 1. The number of carbonyl (C=O) groups excluding carboxylic acids is 1. The van der Waals surface area contributed by atoms with Gasteiger partial charge in [0.2, 0.25) is 0 Å². The zero-order valence-electron chi connectivity index (χ0n) is 33.5. The molecule has 3 N–H and O–H groups in total. The normalized spacial score (nSPS) is 15.2. The summed E-state index contributed by atoms with van der Waals surface area (Å²) in [7, 11) is 1.30. The second-order valence-corrected chi connectivity index (χ2v) is 16.1. The van der Waals surface area contributed by atoms with Gasteiger partial charge in [-0.25, -0.2) is 4.79 Å². The van der Waals surface area contributed by atoms with Gasteiger partial charge >= 0.3 is 18.3 Å². The van der Waals surface area contributed by atoms with Crippen molar-refractivity contribution in [3.05, 3.63) is 134 Å². The summed E-state index contributed by atoms with van der Waals surface area (Å²) in [4.78, 5) is 46.2. The van der Waals surface area contributed by atoms with E-state index in [1.165, 1.54) is 55.6 Å². The number of aromatic hydroxyl groups is 1. The molecule has 1 saturated heterocycles. The van der Waals surface area contributed by atoms with Gasteiger partial charge < -0.3 is 39.2 Å². The molecule has 0 saturated carbocycles. The molecule has 0 bridgehead atoms. The highest BCUT2D eigenvalue weighted by Gasteiger charge is 2.38. The number of rotatable bonds is 8. The maximum Gasteiger partial charge on any atom is 0.416 e. The molecule has 4 aliphatic rings. The molecule has 3 heterocycles. The SMILES string of the molecule is COc1cc(C=C2SC(N3CCN(C(=S)Nc4ccc(-c5c6ccc(=O)cc-6oc6cc(O)ccc56)c(C(=O)O)c4)CC3)=NC2=O)ccc1OCc1ccc(C(F)(F)F)cc1C(F)(F)F. The summed E-state index contributed by atoms with van der Waals surface area (Å²) in [6.45, 7) is 1.02. The number of hydrogen-bond donors (Lipinski definition) is 3. The van der Waals surface area contributed by atoms with Crippen molar-refractivity contribution in [2.75, 3.05) is 38.6 Å². The minimum Gasteiger partial charge on any atom is -0.508 e. The number of thioether (sulfide) groups is 1. The lowest BCUT2D eigenvalue weighted by molar-refractivity contribution is -0.143. The van der Waals surface area contributed by atoms with Gasteiger partial charge in [-0.3, -0.25) is 9.59 Å². The van der Waals surface area contributed by atoms with E-state index >= 15 is 0 Å². The highest BCUT2D eigenvalue weighted by molar-refractivity contribution is 8.18. The lowest BCUT2D eigenvalue weighted by Crippen LogP contribution is -2.50. The maximum atomic E-state index is 13.7. The van der Waals surface area contributed by atoms with Crippen molar-refractivity contribution < 1.29 is 60.0 Å². The number of aliphatic imine (C=N–C) groups is 1. The third-order valence-electron chi connectivity index (χ3n) is 10.5. The first-order valence-electron chi connectivity index (χ1n) is 19.3. The Morgan fingerprint density at radius 1 is 0.892 bits per heavy atom. The standard InChI is InChI=1S/C45H32F6N4O8S2/c1-61-37-16-23(2-11-34(37)62-22-24-3-4-25(44(46,47)48)18-33(24)45(49,50)51)17-38-40(58)53-43(65-38)55-14-12-54(13-15-55)42(64)52-26-5-8-29(32(19-26)41(59)60)39-30-9-6-27(56)20-35(30)63-36-21-28(57)7-10-31(36)39/h2-11,16-21,56H,12-15,22H2,1H3,(H,52,64)(H,59,60). The number of carboxylic acid groups (broad SMARTS) is 1. The number of methoxy groups -OCH3 is 1. The predicted octanol–water partition coefficient (Wildman–Crippen LogP) is 9.58. The summed E-state index contributed by atoms with van der Waals surface area (Å²) in [5.41, 5.74) is -1.28. The topological polar surface area (TPSA) is 154 Å². The second-order valence-electron chi connectivity index (χ2n) is 14.7. The van der Waals surface area contributed by atoms with Crippen LogP contribution in [0.25, 0.3) is 39.5 Å². The van der Waals surface area contributed by atoms with Crippen LogP contribution in [-0.2, 0) is 23.8 Å². The predicted molar refractivity (Wildman–Crippen MR) is 234 cm³/mol. The van der Waals surface area contributed by atoms with Gasteiger partial charge in [0.25, 0.3) is 5.91 Å². The van der Waals surface area contributed by atoms with E-state index in [0.29, 0.717) is 75.9 Å². The average molecular weight is 935 g/mol. The Kier molecular flexibility index (Phi) is 12.0. The molecular formula is C45H32F6N4O8S2. The van der Waals surface area contributed by atoms with Gasteiger partial charge in [0.1, 0.15) is 23.7 Å². The molecule has 4 aromatic rings. The lowest BCUT2D eigenvalue weighted by Gasteiger charge is -2.36. The number of piperazine rings is 1. The number of phenolic OH excluding ortho intramolecular Hbond substituents is 1. The fraction of sp³-hybridized carbons (Fsp3) is 0.178. The Morgan fingerprint density at radius 2 is 1.65 bits per heavy atom. The van der Waals surface area contributed by atoms with Gasteiger partial charge in [-0.2, -0.15) is 31.3 Å². The molecule has 4 aromatic carbocycles. The van der Waals surface area contributed by atoms with Crippen molar-refractivity contribution in [1.82, 2.24) is 9.80 Å². The molecule has 1 amide bonds. The number of aromatic carboxylic acids is 1. The van der Waals surface area contributed by atoms with E-state index in [9.17, 15) is 50.9 Å². The first-order valence-corrected chi connectivity index (χ1v) is 20.6. The number of ether oxygens (including phenoxy) is 2. The van der Waals surface area contributed by atoms with Gasteiger partial charge in [-0.15, -0.1) is 0 Å². The number of carboxylic acids is 1. The molecule has 1 fully saturated rings. The van der Waals surface area contributed by atoms with Crippen molar-refractivity contribution in [2.24, 2.45) is 4.99 Å². The van der Waals surface area contributed by atoms with Crippen LogP contribution in [0.1, 0.15) is 32.6 Å². The largest absolute Gasteiger partial charge is 0.508 e. The van der Waals surface area contributed by atoms with E-state index in [1.807, 2.05) is 9.80 Å². The number of nitrogens with zero attached hydrogens (tertiary/aromatic N) is 3. The highest BCUT2D eigenvalue weighted by atomic mass is 32.2. The molecule has 1 aliphatic carbocycles. The number of amidine groups is 1. The molecule has 8 rings (SSSR count). The monoisotopic (exact) mass is 934 g/mol. The number of nitrogens with one attached hydrogen (secondary N) is 1. The summed E-state index contributed by atoms with van der Waals surface area (Å²) < 4.78 is 97.2. The van der Waals surface area contributed by atoms with E-state index in [0.717, 1.165) is 17.8 Å². The lowest BCUT2D eigenvalue weighted by atomic mass is 9.90. The maximum absolute atomic E-state index is 13.7. The smallest absolute Gasteiger partial charge is 0.416 e. The van der Waals surface area contributed by atoms with Crippen molar-refractivity contribution in [3.63, 3.8) is 0 Å². The molecule has 12 nitrogen and oxygen atoms in total. The van der Waals surface area contributed by atoms with E-state index in [-0.39, 0.29) is 50.6 Å². The fourth-order valence-electron chi connectivity index (χ4n) is 7.35. The van der Waals surface area contributed by atoms with Gasteiger partial charge in [0.05, 0.1) is 28.7 Å². The summed E-state index contributed by atoms with van der Waals surface area (Å²) in [6, 6.07) is 19.2. The molecule has 334 valence electrons. The number of alkyl halides is 6. The van der Waals surface area contributed by atoms with Gasteiger partial charge in [0, 0.05) is 66.1 Å². The molecule has 20 heteroatoms. The first-order chi connectivity index (χ1) is 30.9. The van der Waals surface area contributed by atoms with E-state index in [2.05, 4.69) is 10.3 Å². The van der Waals surface area contributed by atoms with Crippen LogP contribution in [0, 0.1) is 0 Å². The minimum atomic E-state index is -5.07. The van der Waals surface area contributed by atoms with Gasteiger partial charge in [-0.1, -0.05) is 18.2 Å². The van der Waals surface area contributed by atoms with Crippen LogP contribution in [0.2, 0.25) is 0 Å². The van der Waals surface area contributed by atoms with Crippen LogP contribution in [0.3, 0.4) is 0 Å². The molecule has 0 aromatic heterocycles. The van der Waals surface area contributed by atoms with Crippen LogP contribution in [0.15, 0.2) is 110 Å².